The quantitative estimate of drug-likeness (QED) is 0.854. The van der Waals surface area contributed by atoms with E-state index in [0.29, 0.717) is 22.3 Å². The number of benzene rings is 1. The van der Waals surface area contributed by atoms with Gasteiger partial charge in [-0.25, -0.2) is 0 Å². The standard InChI is InChI=1S/C12H18ClNO2/c1-7(2)8-4-9(11(15)6-14)12(16-3)10(13)5-8/h4-5,7,11,15H,6,14H2,1-3H3. The molecule has 1 unspecified atom stereocenters. The third kappa shape index (κ3) is 2.67. The number of methoxy groups -OCH3 is 1. The lowest BCUT2D eigenvalue weighted by Crippen LogP contribution is -2.13. The average Bonchev–Trinajstić information content (AvgIpc) is 2.26. The van der Waals surface area contributed by atoms with Gasteiger partial charge in [-0.2, -0.15) is 0 Å². The van der Waals surface area contributed by atoms with Gasteiger partial charge in [0.15, 0.2) is 0 Å². The molecule has 4 heteroatoms. The molecule has 0 spiro atoms. The van der Waals surface area contributed by atoms with Crippen LogP contribution in [0.4, 0.5) is 0 Å². The van der Waals surface area contributed by atoms with Crippen molar-refractivity contribution in [1.82, 2.24) is 0 Å². The van der Waals surface area contributed by atoms with Crippen LogP contribution in [0.5, 0.6) is 5.75 Å². The van der Waals surface area contributed by atoms with Crippen LogP contribution in [0.15, 0.2) is 12.1 Å². The molecule has 16 heavy (non-hydrogen) atoms. The van der Waals surface area contributed by atoms with E-state index in [2.05, 4.69) is 13.8 Å². The summed E-state index contributed by atoms with van der Waals surface area (Å²) < 4.78 is 5.19. The van der Waals surface area contributed by atoms with Gasteiger partial charge in [0, 0.05) is 12.1 Å². The molecular weight excluding hydrogens is 226 g/mol. The molecule has 0 saturated heterocycles. The van der Waals surface area contributed by atoms with E-state index in [-0.39, 0.29) is 6.54 Å². The van der Waals surface area contributed by atoms with E-state index in [1.807, 2.05) is 12.1 Å². The van der Waals surface area contributed by atoms with Crippen molar-refractivity contribution in [1.29, 1.82) is 0 Å². The molecule has 0 saturated carbocycles. The number of halogens is 1. The Labute approximate surface area is 101 Å². The van der Waals surface area contributed by atoms with E-state index in [1.165, 1.54) is 7.11 Å². The number of aliphatic hydroxyl groups excluding tert-OH is 1. The Kier molecular flexibility index (Phi) is 4.59. The fourth-order valence-corrected chi connectivity index (χ4v) is 1.87. The SMILES string of the molecule is COc1c(Cl)cc(C(C)C)cc1C(O)CN. The molecule has 0 aliphatic rings. The molecule has 3 N–H and O–H groups in total. The molecule has 0 heterocycles. The van der Waals surface area contributed by atoms with Crippen LogP contribution in [0, 0.1) is 0 Å². The number of nitrogens with two attached hydrogens (primary N) is 1. The number of rotatable bonds is 4. The predicted molar refractivity (Wildman–Crippen MR) is 66.1 cm³/mol. The summed E-state index contributed by atoms with van der Waals surface area (Å²) in [6, 6.07) is 3.75. The minimum Gasteiger partial charge on any atom is -0.495 e. The van der Waals surface area contributed by atoms with Crippen molar-refractivity contribution in [2.24, 2.45) is 5.73 Å². The van der Waals surface area contributed by atoms with Gasteiger partial charge >= 0.3 is 0 Å². The van der Waals surface area contributed by atoms with Crippen molar-refractivity contribution in [3.8, 4) is 5.75 Å². The average molecular weight is 244 g/mol. The summed E-state index contributed by atoms with van der Waals surface area (Å²) in [4.78, 5) is 0. The lowest BCUT2D eigenvalue weighted by molar-refractivity contribution is 0.182. The highest BCUT2D eigenvalue weighted by Crippen LogP contribution is 2.35. The first-order valence-electron chi connectivity index (χ1n) is 5.26. The van der Waals surface area contributed by atoms with Crippen molar-refractivity contribution < 1.29 is 9.84 Å². The van der Waals surface area contributed by atoms with Crippen LogP contribution in [-0.2, 0) is 0 Å². The van der Waals surface area contributed by atoms with E-state index in [0.717, 1.165) is 5.56 Å². The Morgan fingerprint density at radius 1 is 1.44 bits per heavy atom. The van der Waals surface area contributed by atoms with Crippen LogP contribution in [0.2, 0.25) is 5.02 Å². The fraction of sp³-hybridized carbons (Fsp3) is 0.500. The Balaban J connectivity index is 3.30. The third-order valence-corrected chi connectivity index (χ3v) is 2.83. The number of aliphatic hydroxyl groups is 1. The second-order valence-electron chi connectivity index (χ2n) is 4.03. The Bertz CT molecular complexity index is 366. The number of ether oxygens (including phenoxy) is 1. The molecule has 90 valence electrons. The molecule has 1 rings (SSSR count). The molecule has 3 nitrogen and oxygen atoms in total. The Hall–Kier alpha value is -0.770. The summed E-state index contributed by atoms with van der Waals surface area (Å²) in [5, 5.41) is 10.3. The van der Waals surface area contributed by atoms with Crippen molar-refractivity contribution >= 4 is 11.6 Å². The molecule has 0 amide bonds. The number of hydrogen-bond acceptors (Lipinski definition) is 3. The summed E-state index contributed by atoms with van der Waals surface area (Å²) in [5.74, 6) is 0.844. The highest BCUT2D eigenvalue weighted by Gasteiger charge is 2.17. The first-order chi connectivity index (χ1) is 7.51. The van der Waals surface area contributed by atoms with Crippen LogP contribution in [-0.4, -0.2) is 18.8 Å². The zero-order valence-electron chi connectivity index (χ0n) is 9.83. The molecule has 0 fully saturated rings. The summed E-state index contributed by atoms with van der Waals surface area (Å²) in [7, 11) is 1.53. The van der Waals surface area contributed by atoms with Gasteiger partial charge in [0.05, 0.1) is 18.2 Å². The van der Waals surface area contributed by atoms with Crippen LogP contribution in [0.25, 0.3) is 0 Å². The smallest absolute Gasteiger partial charge is 0.143 e. The highest BCUT2D eigenvalue weighted by molar-refractivity contribution is 6.32. The summed E-state index contributed by atoms with van der Waals surface area (Å²) in [6.45, 7) is 4.28. The maximum atomic E-state index is 9.81. The predicted octanol–water partition coefficient (Wildman–Crippen LogP) is 2.46. The van der Waals surface area contributed by atoms with E-state index >= 15 is 0 Å². The zero-order chi connectivity index (χ0) is 12.3. The van der Waals surface area contributed by atoms with Crippen molar-refractivity contribution in [3.63, 3.8) is 0 Å². The van der Waals surface area contributed by atoms with Crippen molar-refractivity contribution in [3.05, 3.63) is 28.3 Å². The second-order valence-corrected chi connectivity index (χ2v) is 4.44. The van der Waals surface area contributed by atoms with Gasteiger partial charge in [-0.1, -0.05) is 25.4 Å². The van der Waals surface area contributed by atoms with Gasteiger partial charge in [0.1, 0.15) is 5.75 Å². The third-order valence-electron chi connectivity index (χ3n) is 2.55. The minimum absolute atomic E-state index is 0.147. The van der Waals surface area contributed by atoms with Gasteiger partial charge in [-0.15, -0.1) is 0 Å². The largest absolute Gasteiger partial charge is 0.495 e. The molecular formula is C12H18ClNO2. The minimum atomic E-state index is -0.744. The van der Waals surface area contributed by atoms with Gasteiger partial charge < -0.3 is 15.6 Å². The molecule has 0 aliphatic heterocycles. The first-order valence-corrected chi connectivity index (χ1v) is 5.64. The van der Waals surface area contributed by atoms with Crippen LogP contribution in [0.1, 0.15) is 37.0 Å². The molecule has 0 aromatic heterocycles. The van der Waals surface area contributed by atoms with Crippen molar-refractivity contribution in [2.45, 2.75) is 25.9 Å². The molecule has 1 aromatic carbocycles. The molecule has 1 aromatic rings. The van der Waals surface area contributed by atoms with E-state index in [9.17, 15) is 5.11 Å². The maximum absolute atomic E-state index is 9.81. The molecule has 0 aliphatic carbocycles. The fourth-order valence-electron chi connectivity index (χ4n) is 1.56. The van der Waals surface area contributed by atoms with E-state index < -0.39 is 6.10 Å². The Morgan fingerprint density at radius 3 is 2.50 bits per heavy atom. The lowest BCUT2D eigenvalue weighted by Gasteiger charge is -2.17. The summed E-state index contributed by atoms with van der Waals surface area (Å²) in [6.07, 6.45) is -0.744. The van der Waals surface area contributed by atoms with Gasteiger partial charge in [0.2, 0.25) is 0 Å². The molecule has 0 bridgehead atoms. The highest BCUT2D eigenvalue weighted by atomic mass is 35.5. The first kappa shape index (κ1) is 13.3. The Morgan fingerprint density at radius 2 is 2.06 bits per heavy atom. The summed E-state index contributed by atoms with van der Waals surface area (Å²) in [5.41, 5.74) is 7.17. The molecule has 0 radical (unpaired) electrons. The van der Waals surface area contributed by atoms with E-state index in [4.69, 9.17) is 22.1 Å². The summed E-state index contributed by atoms with van der Waals surface area (Å²) >= 11 is 6.10. The lowest BCUT2D eigenvalue weighted by atomic mass is 9.97. The second kappa shape index (κ2) is 5.53. The van der Waals surface area contributed by atoms with Crippen LogP contribution in [0.3, 0.4) is 0 Å². The van der Waals surface area contributed by atoms with E-state index in [1.54, 1.807) is 0 Å². The zero-order valence-corrected chi connectivity index (χ0v) is 10.6. The maximum Gasteiger partial charge on any atom is 0.143 e. The van der Waals surface area contributed by atoms with Crippen LogP contribution < -0.4 is 10.5 Å². The van der Waals surface area contributed by atoms with Gasteiger partial charge in [-0.3, -0.25) is 0 Å². The number of hydrogen-bond donors (Lipinski definition) is 2. The topological polar surface area (TPSA) is 55.5 Å². The molecule has 1 atom stereocenters. The van der Waals surface area contributed by atoms with Crippen molar-refractivity contribution in [2.75, 3.05) is 13.7 Å². The van der Waals surface area contributed by atoms with Gasteiger partial charge in [0.25, 0.3) is 0 Å². The van der Waals surface area contributed by atoms with Crippen LogP contribution >= 0.6 is 11.6 Å². The normalized spacial score (nSPS) is 12.9. The van der Waals surface area contributed by atoms with Gasteiger partial charge in [-0.05, 0) is 23.6 Å². The monoisotopic (exact) mass is 243 g/mol.